The smallest absolute Gasteiger partial charge is 0.319 e. The van der Waals surface area contributed by atoms with Crippen LogP contribution in [-0.2, 0) is 0 Å². The standard InChI is InChI=1S/C16H24BrN3O/c1-12-5-8-20(9-6-12)10-7-18-16(21)19-15-11-14(17)4-3-13(15)2/h3-4,11-12H,5-10H2,1-2H3,(H2,18,19,21). The van der Waals surface area contributed by atoms with Crippen molar-refractivity contribution >= 4 is 27.6 Å². The monoisotopic (exact) mass is 353 g/mol. The topological polar surface area (TPSA) is 44.4 Å². The Morgan fingerprint density at radius 3 is 2.81 bits per heavy atom. The van der Waals surface area contributed by atoms with Crippen LogP contribution >= 0.6 is 15.9 Å². The van der Waals surface area contributed by atoms with E-state index in [-0.39, 0.29) is 6.03 Å². The van der Waals surface area contributed by atoms with Gasteiger partial charge in [-0.3, -0.25) is 0 Å². The van der Waals surface area contributed by atoms with Crippen LogP contribution in [-0.4, -0.2) is 37.1 Å². The molecule has 116 valence electrons. The minimum absolute atomic E-state index is 0.137. The molecule has 1 fully saturated rings. The normalized spacial score (nSPS) is 16.7. The number of aryl methyl sites for hydroxylation is 1. The maximum absolute atomic E-state index is 11.9. The van der Waals surface area contributed by atoms with Gasteiger partial charge in [0.15, 0.2) is 0 Å². The van der Waals surface area contributed by atoms with Gasteiger partial charge >= 0.3 is 6.03 Å². The van der Waals surface area contributed by atoms with Gasteiger partial charge in [-0.2, -0.15) is 0 Å². The Hall–Kier alpha value is -1.07. The summed E-state index contributed by atoms with van der Waals surface area (Å²) < 4.78 is 0.964. The fourth-order valence-electron chi connectivity index (χ4n) is 2.51. The fourth-order valence-corrected chi connectivity index (χ4v) is 2.87. The molecule has 1 aliphatic rings. The molecule has 0 aromatic heterocycles. The number of urea groups is 1. The average Bonchev–Trinajstić information content (AvgIpc) is 2.45. The highest BCUT2D eigenvalue weighted by Crippen LogP contribution is 2.20. The lowest BCUT2D eigenvalue weighted by atomic mass is 9.99. The summed E-state index contributed by atoms with van der Waals surface area (Å²) in [6.07, 6.45) is 2.53. The van der Waals surface area contributed by atoms with Crippen LogP contribution in [0.1, 0.15) is 25.3 Å². The molecule has 0 saturated carbocycles. The lowest BCUT2D eigenvalue weighted by Gasteiger charge is -2.30. The lowest BCUT2D eigenvalue weighted by molar-refractivity contribution is 0.192. The summed E-state index contributed by atoms with van der Waals surface area (Å²) in [4.78, 5) is 14.3. The lowest BCUT2D eigenvalue weighted by Crippen LogP contribution is -2.40. The first-order chi connectivity index (χ1) is 10.0. The van der Waals surface area contributed by atoms with Gasteiger partial charge < -0.3 is 15.5 Å². The molecule has 21 heavy (non-hydrogen) atoms. The number of nitrogens with one attached hydrogen (secondary N) is 2. The van der Waals surface area contributed by atoms with Crippen molar-refractivity contribution in [3.63, 3.8) is 0 Å². The van der Waals surface area contributed by atoms with Crippen LogP contribution in [0.4, 0.5) is 10.5 Å². The SMILES string of the molecule is Cc1ccc(Br)cc1NC(=O)NCCN1CCC(C)CC1. The van der Waals surface area contributed by atoms with Crippen LogP contribution in [0, 0.1) is 12.8 Å². The molecule has 1 heterocycles. The predicted octanol–water partition coefficient (Wildman–Crippen LogP) is 3.61. The zero-order valence-corrected chi connectivity index (χ0v) is 14.4. The first kappa shape index (κ1) is 16.3. The third-order valence-corrected chi connectivity index (χ3v) is 4.53. The molecule has 5 heteroatoms. The molecule has 1 saturated heterocycles. The van der Waals surface area contributed by atoms with Crippen LogP contribution in [0.2, 0.25) is 0 Å². The number of halogens is 1. The number of rotatable bonds is 4. The summed E-state index contributed by atoms with van der Waals surface area (Å²) in [5.74, 6) is 0.844. The Bertz CT molecular complexity index is 484. The Kier molecular flexibility index (Phi) is 6.06. The number of carbonyl (C=O) groups is 1. The Morgan fingerprint density at radius 2 is 2.10 bits per heavy atom. The molecular weight excluding hydrogens is 330 g/mol. The van der Waals surface area contributed by atoms with Gasteiger partial charge in [-0.1, -0.05) is 28.9 Å². The molecule has 0 unspecified atom stereocenters. The molecule has 0 radical (unpaired) electrons. The second-order valence-electron chi connectivity index (χ2n) is 5.86. The van der Waals surface area contributed by atoms with E-state index in [0.717, 1.165) is 41.3 Å². The van der Waals surface area contributed by atoms with Crippen molar-refractivity contribution in [3.8, 4) is 0 Å². The predicted molar refractivity (Wildman–Crippen MR) is 90.7 cm³/mol. The summed E-state index contributed by atoms with van der Waals surface area (Å²) in [6.45, 7) is 8.20. The molecule has 0 aliphatic carbocycles. The van der Waals surface area contributed by atoms with Crippen molar-refractivity contribution in [2.75, 3.05) is 31.5 Å². The molecular formula is C16H24BrN3O. The van der Waals surface area contributed by atoms with Crippen molar-refractivity contribution in [2.45, 2.75) is 26.7 Å². The van der Waals surface area contributed by atoms with E-state index in [1.54, 1.807) is 0 Å². The number of nitrogens with zero attached hydrogens (tertiary/aromatic N) is 1. The van der Waals surface area contributed by atoms with Crippen LogP contribution in [0.3, 0.4) is 0 Å². The largest absolute Gasteiger partial charge is 0.337 e. The van der Waals surface area contributed by atoms with Crippen molar-refractivity contribution in [1.29, 1.82) is 0 Å². The minimum atomic E-state index is -0.137. The number of amides is 2. The second kappa shape index (κ2) is 7.80. The van der Waals surface area contributed by atoms with Gasteiger partial charge in [0.25, 0.3) is 0 Å². The molecule has 1 aromatic carbocycles. The molecule has 2 amide bonds. The van der Waals surface area contributed by atoms with E-state index in [9.17, 15) is 4.79 Å². The summed E-state index contributed by atoms with van der Waals surface area (Å²) in [6, 6.07) is 5.73. The summed E-state index contributed by atoms with van der Waals surface area (Å²) in [5, 5.41) is 5.83. The van der Waals surface area contributed by atoms with E-state index in [1.165, 1.54) is 12.8 Å². The van der Waals surface area contributed by atoms with Gasteiger partial charge in [0.05, 0.1) is 0 Å². The second-order valence-corrected chi connectivity index (χ2v) is 6.78. The molecule has 1 aliphatic heterocycles. The zero-order valence-electron chi connectivity index (χ0n) is 12.8. The molecule has 0 atom stereocenters. The van der Waals surface area contributed by atoms with Gasteiger partial charge in [0, 0.05) is 23.2 Å². The minimum Gasteiger partial charge on any atom is -0.337 e. The number of hydrogen-bond acceptors (Lipinski definition) is 2. The van der Waals surface area contributed by atoms with Gasteiger partial charge in [-0.25, -0.2) is 4.79 Å². The summed E-state index contributed by atoms with van der Waals surface area (Å²) in [7, 11) is 0. The van der Waals surface area contributed by atoms with Crippen molar-refractivity contribution in [2.24, 2.45) is 5.92 Å². The Morgan fingerprint density at radius 1 is 1.38 bits per heavy atom. The zero-order chi connectivity index (χ0) is 15.2. The third-order valence-electron chi connectivity index (χ3n) is 4.04. The fraction of sp³-hybridized carbons (Fsp3) is 0.562. The summed E-state index contributed by atoms with van der Waals surface area (Å²) >= 11 is 3.42. The number of piperidine rings is 1. The van der Waals surface area contributed by atoms with E-state index in [2.05, 4.69) is 38.4 Å². The maximum atomic E-state index is 11.9. The van der Waals surface area contributed by atoms with Gasteiger partial charge in [-0.05, 0) is 56.5 Å². The molecule has 2 rings (SSSR count). The van der Waals surface area contributed by atoms with E-state index in [4.69, 9.17) is 0 Å². The Balaban J connectivity index is 1.71. The molecule has 0 spiro atoms. The van der Waals surface area contributed by atoms with E-state index in [1.807, 2.05) is 25.1 Å². The quantitative estimate of drug-likeness (QED) is 0.868. The number of benzene rings is 1. The average molecular weight is 354 g/mol. The molecule has 2 N–H and O–H groups in total. The van der Waals surface area contributed by atoms with Crippen LogP contribution < -0.4 is 10.6 Å². The number of hydrogen-bond donors (Lipinski definition) is 2. The van der Waals surface area contributed by atoms with E-state index < -0.39 is 0 Å². The van der Waals surface area contributed by atoms with Gasteiger partial charge in [-0.15, -0.1) is 0 Å². The molecule has 4 nitrogen and oxygen atoms in total. The third kappa shape index (κ3) is 5.32. The van der Waals surface area contributed by atoms with Crippen molar-refractivity contribution in [1.82, 2.24) is 10.2 Å². The van der Waals surface area contributed by atoms with Crippen LogP contribution in [0.25, 0.3) is 0 Å². The summed E-state index contributed by atoms with van der Waals surface area (Å²) in [5.41, 5.74) is 1.90. The molecule has 1 aromatic rings. The van der Waals surface area contributed by atoms with E-state index in [0.29, 0.717) is 6.54 Å². The first-order valence-electron chi connectivity index (χ1n) is 7.58. The number of carbonyl (C=O) groups excluding carboxylic acids is 1. The van der Waals surface area contributed by atoms with Crippen molar-refractivity contribution < 1.29 is 4.79 Å². The van der Waals surface area contributed by atoms with E-state index >= 15 is 0 Å². The Labute approximate surface area is 135 Å². The van der Waals surface area contributed by atoms with Gasteiger partial charge in [0.1, 0.15) is 0 Å². The first-order valence-corrected chi connectivity index (χ1v) is 8.37. The highest BCUT2D eigenvalue weighted by molar-refractivity contribution is 9.10. The van der Waals surface area contributed by atoms with Crippen molar-refractivity contribution in [3.05, 3.63) is 28.2 Å². The van der Waals surface area contributed by atoms with Gasteiger partial charge in [0.2, 0.25) is 0 Å². The maximum Gasteiger partial charge on any atom is 0.319 e. The number of likely N-dealkylation sites (tertiary alicyclic amines) is 1. The van der Waals surface area contributed by atoms with Crippen LogP contribution in [0.15, 0.2) is 22.7 Å². The van der Waals surface area contributed by atoms with Crippen LogP contribution in [0.5, 0.6) is 0 Å². The number of anilines is 1. The highest BCUT2D eigenvalue weighted by atomic mass is 79.9. The highest BCUT2D eigenvalue weighted by Gasteiger charge is 2.15. The molecule has 0 bridgehead atoms.